The van der Waals surface area contributed by atoms with E-state index in [2.05, 4.69) is 27.4 Å². The van der Waals surface area contributed by atoms with Crippen molar-refractivity contribution in [1.82, 2.24) is 19.8 Å². The fourth-order valence-electron chi connectivity index (χ4n) is 4.83. The lowest BCUT2D eigenvalue weighted by Crippen LogP contribution is -2.33. The summed E-state index contributed by atoms with van der Waals surface area (Å²) < 4.78 is 15.6. The van der Waals surface area contributed by atoms with Gasteiger partial charge >= 0.3 is 0 Å². The van der Waals surface area contributed by atoms with Crippen molar-refractivity contribution < 1.29 is 9.18 Å². The van der Waals surface area contributed by atoms with Gasteiger partial charge in [-0.15, -0.1) is 0 Å². The van der Waals surface area contributed by atoms with Crippen molar-refractivity contribution in [2.75, 3.05) is 11.9 Å². The van der Waals surface area contributed by atoms with E-state index in [-0.39, 0.29) is 30.2 Å². The first-order valence-electron chi connectivity index (χ1n) is 12.3. The lowest BCUT2D eigenvalue weighted by atomic mass is 10.0. The Kier molecular flexibility index (Phi) is 7.28. The molecule has 2 aromatic heterocycles. The summed E-state index contributed by atoms with van der Waals surface area (Å²) in [6.07, 6.45) is 4.82. The minimum absolute atomic E-state index is 0.0716. The molecule has 0 radical (unpaired) electrons. The van der Waals surface area contributed by atoms with Gasteiger partial charge in [0.1, 0.15) is 5.82 Å². The van der Waals surface area contributed by atoms with Gasteiger partial charge in [-0.1, -0.05) is 31.2 Å². The second-order valence-electron chi connectivity index (χ2n) is 8.91. The zero-order valence-electron chi connectivity index (χ0n) is 20.5. The van der Waals surface area contributed by atoms with Crippen LogP contribution in [-0.4, -0.2) is 32.0 Å². The first-order chi connectivity index (χ1) is 18.0. The number of thiocarbonyl (C=S) groups is 1. The molecule has 4 aromatic rings. The fraction of sp³-hybridized carbons (Fsp3) is 0.207. The molecule has 2 N–H and O–H groups in total. The van der Waals surface area contributed by atoms with Crippen molar-refractivity contribution in [3.63, 3.8) is 0 Å². The van der Waals surface area contributed by atoms with Crippen molar-refractivity contribution in [2.24, 2.45) is 0 Å². The summed E-state index contributed by atoms with van der Waals surface area (Å²) in [5, 5.41) is 7.04. The Morgan fingerprint density at radius 2 is 1.84 bits per heavy atom. The van der Waals surface area contributed by atoms with Crippen LogP contribution in [0.15, 0.2) is 91.3 Å². The molecule has 0 saturated carbocycles. The van der Waals surface area contributed by atoms with Crippen LogP contribution in [0.1, 0.15) is 42.4 Å². The molecule has 1 fully saturated rings. The Morgan fingerprint density at radius 3 is 2.59 bits per heavy atom. The predicted octanol–water partition coefficient (Wildman–Crippen LogP) is 5.58. The summed E-state index contributed by atoms with van der Waals surface area (Å²) in [4.78, 5) is 19.6. The van der Waals surface area contributed by atoms with E-state index in [0.29, 0.717) is 11.7 Å². The molecule has 2 aromatic carbocycles. The van der Waals surface area contributed by atoms with Crippen LogP contribution in [-0.2, 0) is 11.2 Å². The molecule has 0 spiro atoms. The van der Waals surface area contributed by atoms with E-state index >= 15 is 0 Å². The van der Waals surface area contributed by atoms with Gasteiger partial charge in [0.25, 0.3) is 0 Å². The number of aromatic nitrogens is 2. The van der Waals surface area contributed by atoms with Gasteiger partial charge in [-0.05, 0) is 78.8 Å². The van der Waals surface area contributed by atoms with Crippen molar-refractivity contribution in [2.45, 2.75) is 31.8 Å². The molecule has 1 aliphatic heterocycles. The summed E-state index contributed by atoms with van der Waals surface area (Å²) in [6.45, 7) is 2.49. The molecule has 8 heteroatoms. The first-order valence-corrected chi connectivity index (χ1v) is 12.7. The molecule has 0 bridgehead atoms. The number of benzene rings is 2. The van der Waals surface area contributed by atoms with Gasteiger partial charge in [-0.25, -0.2) is 4.39 Å². The van der Waals surface area contributed by atoms with E-state index in [1.54, 1.807) is 18.3 Å². The summed E-state index contributed by atoms with van der Waals surface area (Å²) in [7, 11) is 0. The molecule has 1 amide bonds. The third-order valence-electron chi connectivity index (χ3n) is 6.64. The molecule has 0 aliphatic carbocycles. The quantitative estimate of drug-likeness (QED) is 0.302. The topological polar surface area (TPSA) is 62.2 Å². The number of nitrogens with one attached hydrogen (secondary N) is 2. The van der Waals surface area contributed by atoms with Crippen LogP contribution in [0, 0.1) is 5.82 Å². The molecule has 1 saturated heterocycles. The maximum Gasteiger partial charge on any atom is 0.226 e. The molecular formula is C29H28FN5OS. The van der Waals surface area contributed by atoms with E-state index in [1.807, 2.05) is 65.4 Å². The van der Waals surface area contributed by atoms with Gasteiger partial charge in [-0.2, -0.15) is 0 Å². The number of anilines is 1. The number of hydrogen-bond donors (Lipinski definition) is 2. The van der Waals surface area contributed by atoms with Crippen LogP contribution in [0.4, 0.5) is 10.1 Å². The smallest absolute Gasteiger partial charge is 0.226 e. The number of hydrogen-bond acceptors (Lipinski definition) is 3. The highest BCUT2D eigenvalue weighted by Gasteiger charge is 2.41. The molecule has 0 unspecified atom stereocenters. The Morgan fingerprint density at radius 1 is 1.05 bits per heavy atom. The number of para-hydroxylation sites is 1. The molecule has 1 aliphatic rings. The number of pyridine rings is 1. The van der Waals surface area contributed by atoms with Gasteiger partial charge in [0.15, 0.2) is 5.11 Å². The number of amides is 1. The zero-order valence-corrected chi connectivity index (χ0v) is 21.3. The van der Waals surface area contributed by atoms with Crippen LogP contribution in [0.2, 0.25) is 0 Å². The van der Waals surface area contributed by atoms with Crippen LogP contribution < -0.4 is 10.6 Å². The zero-order chi connectivity index (χ0) is 25.8. The average Bonchev–Trinajstić information content (AvgIpc) is 3.53. The largest absolute Gasteiger partial charge is 0.352 e. The van der Waals surface area contributed by atoms with Crippen molar-refractivity contribution in [3.05, 3.63) is 114 Å². The molecule has 188 valence electrons. The number of carbonyl (C=O) groups is 1. The first kappa shape index (κ1) is 24.6. The maximum atomic E-state index is 13.6. The third-order valence-corrected chi connectivity index (χ3v) is 6.99. The van der Waals surface area contributed by atoms with Crippen LogP contribution >= 0.6 is 12.2 Å². The number of halogens is 1. The summed E-state index contributed by atoms with van der Waals surface area (Å²) in [5.74, 6) is -0.359. The second-order valence-corrected chi connectivity index (χ2v) is 9.30. The lowest BCUT2D eigenvalue weighted by Gasteiger charge is -2.29. The predicted molar refractivity (Wildman–Crippen MR) is 147 cm³/mol. The molecule has 3 heterocycles. The lowest BCUT2D eigenvalue weighted by molar-refractivity contribution is -0.116. The van der Waals surface area contributed by atoms with Gasteiger partial charge < -0.3 is 20.1 Å². The minimum Gasteiger partial charge on any atom is -0.352 e. The van der Waals surface area contributed by atoms with Crippen LogP contribution in [0.5, 0.6) is 0 Å². The molecule has 2 atom stereocenters. The van der Waals surface area contributed by atoms with Gasteiger partial charge in [0, 0.05) is 42.4 Å². The van der Waals surface area contributed by atoms with Gasteiger partial charge in [0.2, 0.25) is 5.91 Å². The highest BCUT2D eigenvalue weighted by molar-refractivity contribution is 7.80. The van der Waals surface area contributed by atoms with Gasteiger partial charge in [0.05, 0.1) is 17.8 Å². The standard InChI is InChI=1S/C29H28FN5OS/c1-2-20-8-3-4-9-23(20)32-26(36)16-19-35-28(27(33-29(35)37)24-10-5-6-17-31-24)25-11-7-18-34(25)22-14-12-21(30)13-15-22/h3-15,17-18,27-28H,2,16,19H2,1H3,(H,32,36)(H,33,37)/t27-,28-/m0/s1. The summed E-state index contributed by atoms with van der Waals surface area (Å²) in [5.41, 5.74) is 4.59. The molecule has 5 rings (SSSR count). The van der Waals surface area contributed by atoms with E-state index in [0.717, 1.165) is 34.7 Å². The van der Waals surface area contributed by atoms with Crippen LogP contribution in [0.25, 0.3) is 5.69 Å². The summed E-state index contributed by atoms with van der Waals surface area (Å²) in [6, 6.07) is 23.6. The second kappa shape index (κ2) is 10.9. The average molecular weight is 514 g/mol. The Balaban J connectivity index is 1.43. The molecular weight excluding hydrogens is 485 g/mol. The molecule has 6 nitrogen and oxygen atoms in total. The summed E-state index contributed by atoms with van der Waals surface area (Å²) >= 11 is 5.76. The van der Waals surface area contributed by atoms with E-state index < -0.39 is 0 Å². The van der Waals surface area contributed by atoms with Crippen LogP contribution in [0.3, 0.4) is 0 Å². The van der Waals surface area contributed by atoms with Crippen molar-refractivity contribution >= 4 is 28.9 Å². The SMILES string of the molecule is CCc1ccccc1NC(=O)CCN1C(=S)N[C@@H](c2ccccn2)[C@@H]1c1cccn1-c1ccc(F)cc1. The number of aryl methyl sites for hydroxylation is 1. The monoisotopic (exact) mass is 513 g/mol. The fourth-order valence-corrected chi connectivity index (χ4v) is 5.16. The maximum absolute atomic E-state index is 13.6. The number of nitrogens with zero attached hydrogens (tertiary/aromatic N) is 3. The third kappa shape index (κ3) is 5.24. The van der Waals surface area contributed by atoms with Gasteiger partial charge in [-0.3, -0.25) is 9.78 Å². The Labute approximate surface area is 221 Å². The number of carbonyl (C=O) groups excluding carboxylic acids is 1. The van der Waals surface area contributed by atoms with E-state index in [4.69, 9.17) is 12.2 Å². The van der Waals surface area contributed by atoms with Crippen molar-refractivity contribution in [3.8, 4) is 5.69 Å². The Bertz CT molecular complexity index is 1390. The highest BCUT2D eigenvalue weighted by Crippen LogP contribution is 2.39. The number of rotatable bonds is 8. The highest BCUT2D eigenvalue weighted by atomic mass is 32.1. The van der Waals surface area contributed by atoms with E-state index in [9.17, 15) is 9.18 Å². The molecule has 37 heavy (non-hydrogen) atoms. The van der Waals surface area contributed by atoms with E-state index in [1.165, 1.54) is 12.1 Å². The minimum atomic E-state index is -0.287. The van der Waals surface area contributed by atoms with Crippen molar-refractivity contribution in [1.29, 1.82) is 0 Å². The normalized spacial score (nSPS) is 17.0. The Hall–Kier alpha value is -4.04.